The van der Waals surface area contributed by atoms with Crippen LogP contribution >= 0.6 is 0 Å². The van der Waals surface area contributed by atoms with Crippen molar-refractivity contribution in [2.75, 3.05) is 0 Å². The molecule has 2 atom stereocenters. The Kier molecular flexibility index (Phi) is 5.68. The standard InChI is InChI=1S/C26H34Si/c1-25(2,3)27(4,5)20-19-26(18-12-15-22-13-8-6-9-14-22)21-24(26)23-16-10-7-11-17-23/h6-11,13-14,16-17,24H,12,15,18,21H2,1-5H3. The highest BCUT2D eigenvalue weighted by Crippen LogP contribution is 2.62. The molecule has 0 aromatic heterocycles. The molecule has 1 aliphatic rings. The van der Waals surface area contributed by atoms with Crippen molar-refractivity contribution in [3.8, 4) is 11.5 Å². The van der Waals surface area contributed by atoms with Crippen LogP contribution in [0.5, 0.6) is 0 Å². The van der Waals surface area contributed by atoms with Gasteiger partial charge in [0.25, 0.3) is 0 Å². The van der Waals surface area contributed by atoms with Gasteiger partial charge in [0.05, 0.1) is 0 Å². The van der Waals surface area contributed by atoms with Crippen molar-refractivity contribution in [2.24, 2.45) is 5.41 Å². The van der Waals surface area contributed by atoms with Crippen LogP contribution in [0.15, 0.2) is 60.7 Å². The van der Waals surface area contributed by atoms with Crippen LogP contribution in [-0.4, -0.2) is 8.07 Å². The first-order valence-corrected chi connectivity index (χ1v) is 13.4. The third-order valence-corrected chi connectivity index (χ3v) is 11.2. The minimum atomic E-state index is -1.57. The summed E-state index contributed by atoms with van der Waals surface area (Å²) >= 11 is 0. The zero-order valence-electron chi connectivity index (χ0n) is 17.7. The molecule has 2 unspecified atom stereocenters. The van der Waals surface area contributed by atoms with Crippen molar-refractivity contribution in [3.05, 3.63) is 71.8 Å². The molecule has 0 aliphatic heterocycles. The van der Waals surface area contributed by atoms with Gasteiger partial charge in [-0.3, -0.25) is 0 Å². The highest BCUT2D eigenvalue weighted by molar-refractivity contribution is 6.87. The zero-order chi connectivity index (χ0) is 19.5. The smallest absolute Gasteiger partial charge is 0.131 e. The molecule has 1 heteroatoms. The lowest BCUT2D eigenvalue weighted by Gasteiger charge is -2.31. The van der Waals surface area contributed by atoms with E-state index in [1.54, 1.807) is 0 Å². The number of rotatable bonds is 5. The molecule has 142 valence electrons. The zero-order valence-corrected chi connectivity index (χ0v) is 18.7. The van der Waals surface area contributed by atoms with Crippen molar-refractivity contribution in [1.82, 2.24) is 0 Å². The molecule has 2 aromatic rings. The second-order valence-corrected chi connectivity index (χ2v) is 14.8. The van der Waals surface area contributed by atoms with E-state index in [0.717, 1.165) is 6.42 Å². The number of hydrogen-bond donors (Lipinski definition) is 0. The lowest BCUT2D eigenvalue weighted by atomic mass is 9.93. The fourth-order valence-electron chi connectivity index (χ4n) is 3.63. The lowest BCUT2D eigenvalue weighted by molar-refractivity contribution is 0.551. The summed E-state index contributed by atoms with van der Waals surface area (Å²) in [5.74, 6) is 4.48. The van der Waals surface area contributed by atoms with Gasteiger partial charge >= 0.3 is 0 Å². The Labute approximate surface area is 167 Å². The Morgan fingerprint density at radius 2 is 1.56 bits per heavy atom. The first-order valence-electron chi connectivity index (χ1n) is 10.4. The van der Waals surface area contributed by atoms with Gasteiger partial charge < -0.3 is 0 Å². The average molecular weight is 375 g/mol. The number of aryl methyl sites for hydroxylation is 1. The molecule has 1 aliphatic carbocycles. The van der Waals surface area contributed by atoms with Crippen molar-refractivity contribution in [1.29, 1.82) is 0 Å². The Morgan fingerprint density at radius 1 is 0.963 bits per heavy atom. The van der Waals surface area contributed by atoms with E-state index in [2.05, 4.69) is 106 Å². The predicted octanol–water partition coefficient (Wildman–Crippen LogP) is 7.23. The number of hydrogen-bond acceptors (Lipinski definition) is 0. The molecule has 0 N–H and O–H groups in total. The summed E-state index contributed by atoms with van der Waals surface area (Å²) in [4.78, 5) is 0. The summed E-state index contributed by atoms with van der Waals surface area (Å²) in [6.07, 6.45) is 4.82. The van der Waals surface area contributed by atoms with Gasteiger partial charge in [-0.25, -0.2) is 0 Å². The maximum absolute atomic E-state index is 3.86. The maximum atomic E-state index is 3.86. The summed E-state index contributed by atoms with van der Waals surface area (Å²) in [5.41, 5.74) is 6.96. The Hall–Kier alpha value is -1.78. The largest absolute Gasteiger partial charge is 0.137 e. The van der Waals surface area contributed by atoms with E-state index in [1.165, 1.54) is 30.4 Å². The molecule has 0 bridgehead atoms. The van der Waals surface area contributed by atoms with Gasteiger partial charge in [0.15, 0.2) is 0 Å². The maximum Gasteiger partial charge on any atom is 0.137 e. The molecule has 27 heavy (non-hydrogen) atoms. The van der Waals surface area contributed by atoms with E-state index < -0.39 is 8.07 Å². The third kappa shape index (κ3) is 4.74. The quantitative estimate of drug-likeness (QED) is 0.382. The second-order valence-electron chi connectivity index (χ2n) is 9.79. The summed E-state index contributed by atoms with van der Waals surface area (Å²) in [6, 6.07) is 21.9. The van der Waals surface area contributed by atoms with Gasteiger partial charge in [-0.05, 0) is 41.8 Å². The van der Waals surface area contributed by atoms with Crippen LogP contribution in [0.4, 0.5) is 0 Å². The van der Waals surface area contributed by atoms with Crippen molar-refractivity contribution in [3.63, 3.8) is 0 Å². The number of benzene rings is 2. The van der Waals surface area contributed by atoms with Crippen LogP contribution in [-0.2, 0) is 6.42 Å². The van der Waals surface area contributed by atoms with E-state index in [-0.39, 0.29) is 5.41 Å². The van der Waals surface area contributed by atoms with E-state index in [9.17, 15) is 0 Å². The van der Waals surface area contributed by atoms with Crippen LogP contribution in [0.25, 0.3) is 0 Å². The van der Waals surface area contributed by atoms with Crippen LogP contribution < -0.4 is 0 Å². The van der Waals surface area contributed by atoms with Gasteiger partial charge in [-0.2, -0.15) is 0 Å². The molecule has 1 saturated carbocycles. The second kappa shape index (κ2) is 7.68. The summed E-state index contributed by atoms with van der Waals surface area (Å²) < 4.78 is 0. The fraction of sp³-hybridized carbons (Fsp3) is 0.462. The molecular formula is C26H34Si. The van der Waals surface area contributed by atoms with Crippen LogP contribution in [0.2, 0.25) is 18.1 Å². The van der Waals surface area contributed by atoms with Gasteiger partial charge in [0, 0.05) is 11.3 Å². The van der Waals surface area contributed by atoms with Gasteiger partial charge in [0.2, 0.25) is 0 Å². The topological polar surface area (TPSA) is 0 Å². The molecule has 2 aromatic carbocycles. The Bertz CT molecular complexity index is 802. The Balaban J connectivity index is 1.77. The minimum Gasteiger partial charge on any atom is -0.131 e. The first kappa shape index (κ1) is 20.0. The summed E-state index contributed by atoms with van der Waals surface area (Å²) in [7, 11) is -1.57. The predicted molar refractivity (Wildman–Crippen MR) is 121 cm³/mol. The molecule has 0 heterocycles. The third-order valence-electron chi connectivity index (χ3n) is 6.71. The molecule has 0 amide bonds. The molecular weight excluding hydrogens is 340 g/mol. The summed E-state index contributed by atoms with van der Waals surface area (Å²) in [6.45, 7) is 11.9. The summed E-state index contributed by atoms with van der Waals surface area (Å²) in [5, 5.41) is 0.322. The average Bonchev–Trinajstić information content (AvgIpc) is 3.36. The van der Waals surface area contributed by atoms with Crippen LogP contribution in [0.1, 0.15) is 57.1 Å². The lowest BCUT2D eigenvalue weighted by Crippen LogP contribution is -2.35. The van der Waals surface area contributed by atoms with Crippen LogP contribution in [0, 0.1) is 16.9 Å². The Morgan fingerprint density at radius 3 is 2.15 bits per heavy atom. The minimum absolute atomic E-state index is 0.200. The van der Waals surface area contributed by atoms with E-state index in [4.69, 9.17) is 0 Å². The van der Waals surface area contributed by atoms with E-state index >= 15 is 0 Å². The van der Waals surface area contributed by atoms with Gasteiger partial charge in [-0.1, -0.05) is 94.5 Å². The molecule has 0 spiro atoms. The normalized spacial score (nSPS) is 22.0. The molecule has 0 nitrogen and oxygen atoms in total. The van der Waals surface area contributed by atoms with E-state index in [0.29, 0.717) is 11.0 Å². The highest BCUT2D eigenvalue weighted by atomic mass is 28.3. The monoisotopic (exact) mass is 374 g/mol. The molecule has 0 radical (unpaired) electrons. The molecule has 1 fully saturated rings. The van der Waals surface area contributed by atoms with Crippen LogP contribution in [0.3, 0.4) is 0 Å². The molecule has 0 saturated heterocycles. The fourth-order valence-corrected chi connectivity index (χ4v) is 4.56. The first-order chi connectivity index (χ1) is 12.7. The van der Waals surface area contributed by atoms with Crippen molar-refractivity contribution >= 4 is 8.07 Å². The highest BCUT2D eigenvalue weighted by Gasteiger charge is 2.53. The van der Waals surface area contributed by atoms with Crippen molar-refractivity contribution < 1.29 is 0 Å². The van der Waals surface area contributed by atoms with E-state index in [1.807, 2.05) is 0 Å². The van der Waals surface area contributed by atoms with Crippen molar-refractivity contribution in [2.45, 2.75) is 70.5 Å². The molecule has 3 rings (SSSR count). The van der Waals surface area contributed by atoms with Gasteiger partial charge in [0.1, 0.15) is 8.07 Å². The van der Waals surface area contributed by atoms with Gasteiger partial charge in [-0.15, -0.1) is 11.5 Å². The SMILES string of the molecule is CC(C)(C)[Si](C)(C)C#CC1(CCCc2ccccc2)CC1c1ccccc1.